The fourth-order valence-corrected chi connectivity index (χ4v) is 1.67. The van der Waals surface area contributed by atoms with Crippen LogP contribution in [0.4, 0.5) is 0 Å². The summed E-state index contributed by atoms with van der Waals surface area (Å²) < 4.78 is 6.23. The van der Waals surface area contributed by atoms with E-state index in [9.17, 15) is 9.59 Å². The average Bonchev–Trinajstić information content (AvgIpc) is 2.44. The third-order valence-corrected chi connectivity index (χ3v) is 2.26. The molecule has 0 saturated heterocycles. The Morgan fingerprint density at radius 2 is 1.87 bits per heavy atom. The zero-order chi connectivity index (χ0) is 11.4. The van der Waals surface area contributed by atoms with Crippen molar-refractivity contribution < 1.29 is 9.21 Å². The summed E-state index contributed by atoms with van der Waals surface area (Å²) in [4.78, 5) is 22.7. The van der Waals surface area contributed by atoms with Gasteiger partial charge in [0.05, 0.1) is 5.69 Å². The van der Waals surface area contributed by atoms with Crippen molar-refractivity contribution in [2.24, 2.45) is 0 Å². The summed E-state index contributed by atoms with van der Waals surface area (Å²) >= 11 is 0. The molecule has 1 aromatic rings. The fourth-order valence-electron chi connectivity index (χ4n) is 1.67. The van der Waals surface area contributed by atoms with E-state index in [1.54, 1.807) is 0 Å². The normalized spacial score (nSPS) is 10.6. The van der Waals surface area contributed by atoms with Crippen LogP contribution in [0, 0.1) is 0 Å². The monoisotopic (exact) mass is 211 g/mol. The quantitative estimate of drug-likeness (QED) is 0.765. The molecule has 0 amide bonds. The van der Waals surface area contributed by atoms with Gasteiger partial charge in [-0.3, -0.25) is 4.79 Å². The van der Waals surface area contributed by atoms with E-state index in [0.29, 0.717) is 18.6 Å². The van der Waals surface area contributed by atoms with E-state index in [2.05, 4.69) is 0 Å². The zero-order valence-electron chi connectivity index (χ0n) is 9.50. The topological polar surface area (TPSA) is 52.2 Å². The highest BCUT2D eigenvalue weighted by Gasteiger charge is 2.17. The van der Waals surface area contributed by atoms with Crippen LogP contribution in [0.3, 0.4) is 0 Å². The summed E-state index contributed by atoms with van der Waals surface area (Å²) in [5, 5.41) is 0. The van der Waals surface area contributed by atoms with Crippen molar-refractivity contribution in [3.63, 3.8) is 0 Å². The molecule has 0 aromatic carbocycles. The number of nitrogens with zero attached hydrogens (tertiary/aromatic N) is 1. The zero-order valence-corrected chi connectivity index (χ0v) is 9.50. The SMILES string of the molecule is CCCc1oc(=O)n(C(C)=O)c1CCC. The van der Waals surface area contributed by atoms with Crippen molar-refractivity contribution in [3.05, 3.63) is 22.0 Å². The molecule has 0 N–H and O–H groups in total. The van der Waals surface area contributed by atoms with Crippen LogP contribution in [0.1, 0.15) is 49.9 Å². The molecule has 0 atom stereocenters. The molecule has 1 aromatic heterocycles. The van der Waals surface area contributed by atoms with Crippen LogP contribution >= 0.6 is 0 Å². The van der Waals surface area contributed by atoms with Gasteiger partial charge < -0.3 is 4.42 Å². The molecule has 0 saturated carbocycles. The van der Waals surface area contributed by atoms with Crippen LogP contribution in [0.2, 0.25) is 0 Å². The standard InChI is InChI=1S/C11H17NO3/c1-4-6-9-10(7-5-2)15-11(14)12(9)8(3)13/h4-7H2,1-3H3. The van der Waals surface area contributed by atoms with Crippen molar-refractivity contribution in [2.75, 3.05) is 0 Å². The first kappa shape index (κ1) is 11.8. The van der Waals surface area contributed by atoms with Crippen molar-refractivity contribution in [1.29, 1.82) is 0 Å². The number of carbonyl (C=O) groups excluding carboxylic acids is 1. The van der Waals surface area contributed by atoms with Gasteiger partial charge in [-0.1, -0.05) is 20.3 Å². The van der Waals surface area contributed by atoms with Gasteiger partial charge in [0.2, 0.25) is 5.91 Å². The maximum absolute atomic E-state index is 11.4. The van der Waals surface area contributed by atoms with E-state index in [4.69, 9.17) is 4.42 Å². The third kappa shape index (κ3) is 2.37. The lowest BCUT2D eigenvalue weighted by atomic mass is 10.1. The van der Waals surface area contributed by atoms with E-state index in [0.717, 1.165) is 23.1 Å². The first-order chi connectivity index (χ1) is 7.11. The minimum atomic E-state index is -0.547. The van der Waals surface area contributed by atoms with Gasteiger partial charge in [0.25, 0.3) is 0 Å². The van der Waals surface area contributed by atoms with Crippen molar-refractivity contribution >= 4 is 5.91 Å². The van der Waals surface area contributed by atoms with E-state index in [1.165, 1.54) is 6.92 Å². The highest BCUT2D eigenvalue weighted by atomic mass is 16.4. The Morgan fingerprint density at radius 1 is 1.27 bits per heavy atom. The summed E-state index contributed by atoms with van der Waals surface area (Å²) in [6, 6.07) is 0. The number of carbonyl (C=O) groups is 1. The van der Waals surface area contributed by atoms with E-state index >= 15 is 0 Å². The third-order valence-electron chi connectivity index (χ3n) is 2.26. The van der Waals surface area contributed by atoms with Crippen LogP contribution in [-0.4, -0.2) is 10.5 Å². The van der Waals surface area contributed by atoms with Crippen LogP contribution in [-0.2, 0) is 12.8 Å². The van der Waals surface area contributed by atoms with Gasteiger partial charge in [-0.05, 0) is 12.8 Å². The largest absolute Gasteiger partial charge is 0.426 e. The van der Waals surface area contributed by atoms with E-state index < -0.39 is 5.76 Å². The van der Waals surface area contributed by atoms with Gasteiger partial charge >= 0.3 is 5.76 Å². The number of hydrogen-bond donors (Lipinski definition) is 0. The van der Waals surface area contributed by atoms with Crippen molar-refractivity contribution in [1.82, 2.24) is 4.57 Å². The first-order valence-electron chi connectivity index (χ1n) is 5.36. The Bertz CT molecular complexity index is 400. The molecule has 0 aliphatic rings. The molecule has 0 bridgehead atoms. The Balaban J connectivity index is 3.24. The molecule has 0 radical (unpaired) electrons. The van der Waals surface area contributed by atoms with Gasteiger partial charge in [-0.2, -0.15) is 0 Å². The number of rotatable bonds is 4. The molecule has 4 nitrogen and oxygen atoms in total. The number of hydrogen-bond acceptors (Lipinski definition) is 3. The summed E-state index contributed by atoms with van der Waals surface area (Å²) in [5.41, 5.74) is 0.747. The van der Waals surface area contributed by atoms with Crippen molar-refractivity contribution in [2.45, 2.75) is 46.5 Å². The molecule has 15 heavy (non-hydrogen) atoms. The van der Waals surface area contributed by atoms with Gasteiger partial charge in [0.15, 0.2) is 0 Å². The number of aryl methyl sites for hydroxylation is 1. The van der Waals surface area contributed by atoms with E-state index in [-0.39, 0.29) is 5.91 Å². The van der Waals surface area contributed by atoms with Gasteiger partial charge in [-0.15, -0.1) is 0 Å². The predicted molar refractivity (Wildman–Crippen MR) is 57.3 cm³/mol. The lowest BCUT2D eigenvalue weighted by molar-refractivity contribution is 0.0925. The minimum absolute atomic E-state index is 0.269. The van der Waals surface area contributed by atoms with E-state index in [1.807, 2.05) is 13.8 Å². The molecular weight excluding hydrogens is 194 g/mol. The molecule has 4 heteroatoms. The molecule has 1 rings (SSSR count). The molecule has 0 fully saturated rings. The maximum atomic E-state index is 11.4. The summed E-state index contributed by atoms with van der Waals surface area (Å²) in [6.07, 6.45) is 3.22. The minimum Gasteiger partial charge on any atom is -0.412 e. The Morgan fingerprint density at radius 3 is 2.33 bits per heavy atom. The van der Waals surface area contributed by atoms with Crippen molar-refractivity contribution in [3.8, 4) is 0 Å². The first-order valence-corrected chi connectivity index (χ1v) is 5.36. The lowest BCUT2D eigenvalue weighted by Crippen LogP contribution is -2.22. The van der Waals surface area contributed by atoms with Crippen LogP contribution < -0.4 is 5.76 Å². The van der Waals surface area contributed by atoms with Crippen LogP contribution in [0.25, 0.3) is 0 Å². The second kappa shape index (κ2) is 4.96. The lowest BCUT2D eigenvalue weighted by Gasteiger charge is -2.02. The summed E-state index contributed by atoms with van der Waals surface area (Å²) in [6.45, 7) is 5.41. The second-order valence-electron chi connectivity index (χ2n) is 3.59. The molecule has 0 aliphatic heterocycles. The highest BCUT2D eigenvalue weighted by molar-refractivity contribution is 5.76. The predicted octanol–water partition coefficient (Wildman–Crippen LogP) is 2.01. The van der Waals surface area contributed by atoms with Crippen LogP contribution in [0.15, 0.2) is 9.21 Å². The molecule has 0 unspecified atom stereocenters. The molecule has 1 heterocycles. The molecule has 0 aliphatic carbocycles. The smallest absolute Gasteiger partial charge is 0.412 e. The Labute approximate surface area is 88.9 Å². The number of aromatic nitrogens is 1. The highest BCUT2D eigenvalue weighted by Crippen LogP contribution is 2.12. The Hall–Kier alpha value is -1.32. The van der Waals surface area contributed by atoms with Gasteiger partial charge in [0.1, 0.15) is 5.76 Å². The Kier molecular flexibility index (Phi) is 3.88. The molecular formula is C11H17NO3. The summed E-state index contributed by atoms with van der Waals surface area (Å²) in [5.74, 6) is -0.150. The molecule has 84 valence electrons. The van der Waals surface area contributed by atoms with Crippen LogP contribution in [0.5, 0.6) is 0 Å². The average molecular weight is 211 g/mol. The number of oxazole rings is 1. The maximum Gasteiger partial charge on any atom is 0.426 e. The van der Waals surface area contributed by atoms with Gasteiger partial charge in [0, 0.05) is 13.3 Å². The van der Waals surface area contributed by atoms with Gasteiger partial charge in [-0.25, -0.2) is 9.36 Å². The molecule has 0 spiro atoms. The second-order valence-corrected chi connectivity index (χ2v) is 3.59. The summed E-state index contributed by atoms with van der Waals surface area (Å²) in [7, 11) is 0. The fraction of sp³-hybridized carbons (Fsp3) is 0.636.